The third kappa shape index (κ3) is 1.82. The second-order valence-electron chi connectivity index (χ2n) is 7.44. The van der Waals surface area contributed by atoms with Gasteiger partial charge >= 0.3 is 0 Å². The lowest BCUT2D eigenvalue weighted by Crippen LogP contribution is -2.30. The summed E-state index contributed by atoms with van der Waals surface area (Å²) >= 11 is 0. The fraction of sp³-hybridized carbons (Fsp3) is 0.0800. The van der Waals surface area contributed by atoms with Crippen molar-refractivity contribution in [3.05, 3.63) is 84.6 Å². The van der Waals surface area contributed by atoms with E-state index in [9.17, 15) is 0 Å². The Bertz CT molecular complexity index is 1490. The topological polar surface area (TPSA) is 8.29 Å². The predicted octanol–water partition coefficient (Wildman–Crippen LogP) is 5.64. The molecule has 6 rings (SSSR count). The Kier molecular flexibility index (Phi) is 2.77. The molecule has 3 aromatic carbocycles. The zero-order chi connectivity index (χ0) is 18.1. The summed E-state index contributed by atoms with van der Waals surface area (Å²) in [5, 5.41) is 5.30. The van der Waals surface area contributed by atoms with E-state index < -0.39 is 0 Å². The van der Waals surface area contributed by atoms with E-state index >= 15 is 0 Å². The van der Waals surface area contributed by atoms with Crippen LogP contribution >= 0.6 is 0 Å². The Balaban J connectivity index is 1.84. The largest absolute Gasteiger partial charge is 0.303 e. The van der Waals surface area contributed by atoms with Crippen molar-refractivity contribution in [1.82, 2.24) is 4.40 Å². The predicted molar refractivity (Wildman–Crippen MR) is 112 cm³/mol. The number of para-hydroxylation sites is 2. The minimum absolute atomic E-state index is 1.25. The Morgan fingerprint density at radius 1 is 0.704 bits per heavy atom. The van der Waals surface area contributed by atoms with Crippen molar-refractivity contribution < 1.29 is 4.57 Å². The molecule has 128 valence electrons. The van der Waals surface area contributed by atoms with Gasteiger partial charge in [-0.3, -0.25) is 0 Å². The Labute approximate surface area is 157 Å². The van der Waals surface area contributed by atoms with E-state index in [0.717, 1.165) is 0 Å². The van der Waals surface area contributed by atoms with Crippen LogP contribution in [0, 0.1) is 6.92 Å². The highest BCUT2D eigenvalue weighted by Crippen LogP contribution is 2.39. The summed E-state index contributed by atoms with van der Waals surface area (Å²) < 4.78 is 4.69. The van der Waals surface area contributed by atoms with E-state index in [0.29, 0.717) is 0 Å². The molecule has 0 spiro atoms. The molecule has 27 heavy (non-hydrogen) atoms. The number of pyridine rings is 1. The summed E-state index contributed by atoms with van der Waals surface area (Å²) in [7, 11) is 2.15. The van der Waals surface area contributed by atoms with Crippen LogP contribution in [0.4, 0.5) is 0 Å². The van der Waals surface area contributed by atoms with Crippen LogP contribution in [-0.2, 0) is 7.05 Å². The van der Waals surface area contributed by atoms with Crippen molar-refractivity contribution in [1.29, 1.82) is 0 Å². The van der Waals surface area contributed by atoms with E-state index in [1.165, 1.54) is 54.9 Å². The van der Waals surface area contributed by atoms with E-state index in [4.69, 9.17) is 0 Å². The van der Waals surface area contributed by atoms with Crippen molar-refractivity contribution >= 4 is 38.1 Å². The molecular weight excluding hydrogens is 328 g/mol. The zero-order valence-electron chi connectivity index (χ0n) is 15.4. The summed E-state index contributed by atoms with van der Waals surface area (Å²) in [5.74, 6) is 0. The minimum Gasteiger partial charge on any atom is -0.303 e. The quantitative estimate of drug-likeness (QED) is 0.340. The molecule has 2 heteroatoms. The number of nitrogens with zero attached hydrogens (tertiary/aromatic N) is 2. The van der Waals surface area contributed by atoms with Crippen LogP contribution < -0.4 is 4.57 Å². The van der Waals surface area contributed by atoms with Crippen LogP contribution in [0.25, 0.3) is 49.4 Å². The third-order valence-corrected chi connectivity index (χ3v) is 5.90. The van der Waals surface area contributed by atoms with Crippen molar-refractivity contribution in [2.75, 3.05) is 0 Å². The second kappa shape index (κ2) is 5.08. The maximum atomic E-state index is 2.43. The molecular formula is C25H19N2+. The molecule has 0 amide bonds. The Hall–Kier alpha value is -3.39. The Morgan fingerprint density at radius 3 is 2.26 bits per heavy atom. The van der Waals surface area contributed by atoms with Crippen LogP contribution in [0.2, 0.25) is 0 Å². The van der Waals surface area contributed by atoms with Gasteiger partial charge in [-0.1, -0.05) is 54.6 Å². The average Bonchev–Trinajstić information content (AvgIpc) is 3.19. The lowest BCUT2D eigenvalue weighted by Gasteiger charge is -2.05. The van der Waals surface area contributed by atoms with Crippen LogP contribution in [0.1, 0.15) is 5.56 Å². The fourth-order valence-electron chi connectivity index (χ4n) is 4.64. The number of benzene rings is 3. The highest BCUT2D eigenvalue weighted by Gasteiger charge is 2.21. The molecule has 0 atom stereocenters. The molecule has 6 aromatic rings. The summed E-state index contributed by atoms with van der Waals surface area (Å²) in [6, 6.07) is 26.4. The third-order valence-electron chi connectivity index (χ3n) is 5.90. The molecule has 0 aliphatic carbocycles. The van der Waals surface area contributed by atoms with Gasteiger partial charge in [-0.05, 0) is 24.6 Å². The standard InChI is InChI=1S/C25H19N2/c1-16-8-3-4-9-17(16)23-14-21-20-12-7-11-19-18-10-5-6-13-22(18)27(25(19)20)24(21)15-26(23)2/h3-15H,1-2H3/q+1. The summed E-state index contributed by atoms with van der Waals surface area (Å²) in [5.41, 5.74) is 7.71. The highest BCUT2D eigenvalue weighted by atomic mass is 15.0. The van der Waals surface area contributed by atoms with Crippen molar-refractivity contribution in [3.63, 3.8) is 0 Å². The molecule has 0 aliphatic heterocycles. The Morgan fingerprint density at radius 2 is 1.41 bits per heavy atom. The van der Waals surface area contributed by atoms with Crippen LogP contribution in [-0.4, -0.2) is 4.40 Å². The normalized spacial score (nSPS) is 12.1. The smallest absolute Gasteiger partial charge is 0.213 e. The molecule has 3 aromatic heterocycles. The fourth-order valence-corrected chi connectivity index (χ4v) is 4.64. The second-order valence-corrected chi connectivity index (χ2v) is 7.44. The van der Waals surface area contributed by atoms with Crippen molar-refractivity contribution in [3.8, 4) is 11.3 Å². The monoisotopic (exact) mass is 347 g/mol. The molecule has 3 heterocycles. The number of aryl methyl sites for hydroxylation is 2. The summed E-state index contributed by atoms with van der Waals surface area (Å²) in [6.45, 7) is 2.18. The van der Waals surface area contributed by atoms with E-state index in [-0.39, 0.29) is 0 Å². The first-order valence-corrected chi connectivity index (χ1v) is 9.36. The van der Waals surface area contributed by atoms with Crippen LogP contribution in [0.15, 0.2) is 79.0 Å². The number of fused-ring (bicyclic) bond motifs is 6. The average molecular weight is 347 g/mol. The lowest BCUT2D eigenvalue weighted by molar-refractivity contribution is -0.659. The SMILES string of the molecule is Cc1ccccc1-c1cc2c3cccc4c5ccccc5n(c2c[n+]1C)c43. The molecule has 0 N–H and O–H groups in total. The van der Waals surface area contributed by atoms with Gasteiger partial charge < -0.3 is 4.40 Å². The maximum Gasteiger partial charge on any atom is 0.213 e. The van der Waals surface area contributed by atoms with Gasteiger partial charge in [0, 0.05) is 33.2 Å². The van der Waals surface area contributed by atoms with Gasteiger partial charge in [-0.15, -0.1) is 0 Å². The highest BCUT2D eigenvalue weighted by molar-refractivity contribution is 6.23. The van der Waals surface area contributed by atoms with Gasteiger partial charge in [-0.2, -0.15) is 4.57 Å². The van der Waals surface area contributed by atoms with Crippen LogP contribution in [0.5, 0.6) is 0 Å². The van der Waals surface area contributed by atoms with E-state index in [1.807, 2.05) is 0 Å². The molecule has 2 nitrogen and oxygen atoms in total. The first-order chi connectivity index (χ1) is 13.2. The van der Waals surface area contributed by atoms with Gasteiger partial charge in [0.1, 0.15) is 12.6 Å². The minimum atomic E-state index is 1.25. The first kappa shape index (κ1) is 14.7. The zero-order valence-corrected chi connectivity index (χ0v) is 15.4. The summed E-state index contributed by atoms with van der Waals surface area (Å²) in [4.78, 5) is 0. The van der Waals surface area contributed by atoms with Gasteiger partial charge in [0.25, 0.3) is 0 Å². The van der Waals surface area contributed by atoms with E-state index in [1.54, 1.807) is 0 Å². The molecule has 0 radical (unpaired) electrons. The van der Waals surface area contributed by atoms with Gasteiger partial charge in [0.2, 0.25) is 5.69 Å². The molecule has 0 fully saturated rings. The number of hydrogen-bond donors (Lipinski definition) is 0. The number of hydrogen-bond acceptors (Lipinski definition) is 0. The van der Waals surface area contributed by atoms with Crippen molar-refractivity contribution in [2.45, 2.75) is 6.92 Å². The first-order valence-electron chi connectivity index (χ1n) is 9.36. The number of rotatable bonds is 1. The van der Waals surface area contributed by atoms with Crippen LogP contribution in [0.3, 0.4) is 0 Å². The molecule has 0 unspecified atom stereocenters. The van der Waals surface area contributed by atoms with Crippen molar-refractivity contribution in [2.24, 2.45) is 7.05 Å². The molecule has 0 saturated heterocycles. The molecule has 0 saturated carbocycles. The maximum absolute atomic E-state index is 2.43. The summed E-state index contributed by atoms with van der Waals surface area (Å²) in [6.07, 6.45) is 2.28. The lowest BCUT2D eigenvalue weighted by atomic mass is 10.0. The van der Waals surface area contributed by atoms with Gasteiger partial charge in [0.15, 0.2) is 6.20 Å². The molecule has 0 bridgehead atoms. The number of aromatic nitrogens is 2. The molecule has 0 aliphatic rings. The van der Waals surface area contributed by atoms with Gasteiger partial charge in [-0.25, -0.2) is 0 Å². The van der Waals surface area contributed by atoms with E-state index in [2.05, 4.69) is 102 Å². The van der Waals surface area contributed by atoms with Gasteiger partial charge in [0.05, 0.1) is 11.0 Å².